The van der Waals surface area contributed by atoms with Crippen LogP contribution in [0.5, 0.6) is 5.75 Å². The molecule has 1 amide bonds. The second kappa shape index (κ2) is 8.73. The van der Waals surface area contributed by atoms with E-state index in [1.165, 1.54) is 0 Å². The molecule has 0 bridgehead atoms. The third kappa shape index (κ3) is 4.54. The Morgan fingerprint density at radius 2 is 1.76 bits per heavy atom. The zero-order valence-corrected chi connectivity index (χ0v) is 16.5. The van der Waals surface area contributed by atoms with E-state index in [0.717, 1.165) is 48.6 Å². The summed E-state index contributed by atoms with van der Waals surface area (Å²) in [5.41, 5.74) is 2.28. The Hall–Kier alpha value is -3.41. The predicted molar refractivity (Wildman–Crippen MR) is 113 cm³/mol. The van der Waals surface area contributed by atoms with E-state index >= 15 is 0 Å². The highest BCUT2D eigenvalue weighted by atomic mass is 16.5. The number of ether oxygens (including phenoxy) is 1. The largest absolute Gasteiger partial charge is 0.497 e. The molecule has 2 aromatic carbocycles. The molecule has 1 fully saturated rings. The Morgan fingerprint density at radius 3 is 2.45 bits per heavy atom. The van der Waals surface area contributed by atoms with Crippen LogP contribution < -0.4 is 15.0 Å². The van der Waals surface area contributed by atoms with Crippen molar-refractivity contribution < 1.29 is 9.53 Å². The van der Waals surface area contributed by atoms with Gasteiger partial charge in [-0.25, -0.2) is 9.97 Å². The van der Waals surface area contributed by atoms with Crippen LogP contribution in [0.25, 0.3) is 11.4 Å². The minimum Gasteiger partial charge on any atom is -0.497 e. The van der Waals surface area contributed by atoms with Crippen molar-refractivity contribution in [2.24, 2.45) is 0 Å². The fraction of sp³-hybridized carbons (Fsp3) is 0.261. The van der Waals surface area contributed by atoms with Gasteiger partial charge in [0.25, 0.3) is 5.91 Å². The lowest BCUT2D eigenvalue weighted by molar-refractivity contribution is 0.0946. The van der Waals surface area contributed by atoms with Crippen LogP contribution in [0, 0.1) is 0 Å². The molecule has 0 atom stereocenters. The highest BCUT2D eigenvalue weighted by Crippen LogP contribution is 2.23. The number of carbonyl (C=O) groups excluding carboxylic acids is 1. The van der Waals surface area contributed by atoms with E-state index in [0.29, 0.717) is 18.1 Å². The van der Waals surface area contributed by atoms with Crippen LogP contribution in [0.4, 0.5) is 5.82 Å². The first-order chi connectivity index (χ1) is 14.2. The molecule has 6 nitrogen and oxygen atoms in total. The topological polar surface area (TPSA) is 67.3 Å². The highest BCUT2D eigenvalue weighted by Gasteiger charge is 2.19. The molecule has 1 N–H and O–H groups in total. The van der Waals surface area contributed by atoms with Crippen molar-refractivity contribution in [3.8, 4) is 17.1 Å². The number of methoxy groups -OCH3 is 1. The normalized spacial score (nSPS) is 13.3. The molecule has 4 rings (SSSR count). The number of aromatic nitrogens is 2. The number of hydrogen-bond donors (Lipinski definition) is 1. The second-order valence-corrected chi connectivity index (χ2v) is 7.03. The second-order valence-electron chi connectivity index (χ2n) is 7.03. The molecule has 0 spiro atoms. The number of amides is 1. The van der Waals surface area contributed by atoms with Gasteiger partial charge in [0.05, 0.1) is 7.11 Å². The molecule has 29 heavy (non-hydrogen) atoms. The van der Waals surface area contributed by atoms with E-state index in [2.05, 4.69) is 15.2 Å². The van der Waals surface area contributed by atoms with Gasteiger partial charge in [-0.3, -0.25) is 4.79 Å². The summed E-state index contributed by atoms with van der Waals surface area (Å²) in [6.07, 6.45) is 2.29. The number of benzene rings is 2. The quantitative estimate of drug-likeness (QED) is 0.698. The lowest BCUT2D eigenvalue weighted by atomic mass is 10.2. The van der Waals surface area contributed by atoms with E-state index < -0.39 is 0 Å². The molecule has 1 aliphatic rings. The number of hydrogen-bond acceptors (Lipinski definition) is 5. The SMILES string of the molecule is COc1ccc(CNC(=O)c2cc(N3CCCC3)nc(-c3ccccc3)n2)cc1. The van der Waals surface area contributed by atoms with Crippen molar-refractivity contribution in [1.82, 2.24) is 15.3 Å². The summed E-state index contributed by atoms with van der Waals surface area (Å²) in [6.45, 7) is 2.34. The molecule has 0 saturated carbocycles. The van der Waals surface area contributed by atoms with Gasteiger partial charge in [0.15, 0.2) is 5.82 Å². The Labute approximate surface area is 170 Å². The van der Waals surface area contributed by atoms with E-state index in [1.807, 2.05) is 54.6 Å². The van der Waals surface area contributed by atoms with E-state index in [4.69, 9.17) is 9.72 Å². The number of rotatable bonds is 6. The summed E-state index contributed by atoms with van der Waals surface area (Å²) in [7, 11) is 1.63. The smallest absolute Gasteiger partial charge is 0.270 e. The predicted octanol–water partition coefficient (Wildman–Crippen LogP) is 3.68. The molecular formula is C23H24N4O2. The maximum Gasteiger partial charge on any atom is 0.270 e. The van der Waals surface area contributed by atoms with Crippen molar-refractivity contribution in [2.45, 2.75) is 19.4 Å². The lowest BCUT2D eigenvalue weighted by Crippen LogP contribution is -2.26. The fourth-order valence-electron chi connectivity index (χ4n) is 3.39. The van der Waals surface area contributed by atoms with Gasteiger partial charge in [-0.15, -0.1) is 0 Å². The molecule has 1 aromatic heterocycles. The monoisotopic (exact) mass is 388 g/mol. The maximum atomic E-state index is 12.8. The summed E-state index contributed by atoms with van der Waals surface area (Å²) in [5, 5.41) is 2.96. The highest BCUT2D eigenvalue weighted by molar-refractivity contribution is 5.93. The summed E-state index contributed by atoms with van der Waals surface area (Å²) in [6, 6.07) is 19.2. The van der Waals surface area contributed by atoms with Gasteiger partial charge in [-0.05, 0) is 30.5 Å². The minimum atomic E-state index is -0.208. The molecule has 148 valence electrons. The average molecular weight is 388 g/mol. The summed E-state index contributed by atoms with van der Waals surface area (Å²) < 4.78 is 5.17. The van der Waals surface area contributed by atoms with Gasteiger partial charge in [-0.1, -0.05) is 42.5 Å². The van der Waals surface area contributed by atoms with Crippen LogP contribution in [-0.4, -0.2) is 36.1 Å². The van der Waals surface area contributed by atoms with Crippen molar-refractivity contribution in [2.75, 3.05) is 25.1 Å². The van der Waals surface area contributed by atoms with E-state index in [9.17, 15) is 4.79 Å². The third-order valence-electron chi connectivity index (χ3n) is 5.02. The molecule has 0 radical (unpaired) electrons. The molecule has 0 unspecified atom stereocenters. The number of anilines is 1. The molecule has 1 aliphatic heterocycles. The maximum absolute atomic E-state index is 12.8. The Bertz CT molecular complexity index is 968. The van der Waals surface area contributed by atoms with Gasteiger partial charge in [0.1, 0.15) is 17.3 Å². The zero-order valence-electron chi connectivity index (χ0n) is 16.5. The van der Waals surface area contributed by atoms with Crippen molar-refractivity contribution >= 4 is 11.7 Å². The van der Waals surface area contributed by atoms with Gasteiger partial charge >= 0.3 is 0 Å². The Balaban J connectivity index is 1.57. The van der Waals surface area contributed by atoms with Gasteiger partial charge in [0.2, 0.25) is 0 Å². The molecule has 3 aromatic rings. The van der Waals surface area contributed by atoms with Gasteiger partial charge < -0.3 is 15.0 Å². The van der Waals surface area contributed by atoms with Gasteiger partial charge in [0, 0.05) is 31.3 Å². The van der Waals surface area contributed by atoms with Crippen LogP contribution in [0.1, 0.15) is 28.9 Å². The standard InChI is InChI=1S/C23H24N4O2/c1-29-19-11-9-17(10-12-19)16-24-23(28)20-15-21(27-13-5-6-14-27)26-22(25-20)18-7-3-2-4-8-18/h2-4,7-12,15H,5-6,13-14,16H2,1H3,(H,24,28). The Kier molecular flexibility index (Phi) is 5.70. The summed E-state index contributed by atoms with van der Waals surface area (Å²) in [4.78, 5) is 24.3. The molecule has 6 heteroatoms. The van der Waals surface area contributed by atoms with Crippen LogP contribution in [0.3, 0.4) is 0 Å². The van der Waals surface area contributed by atoms with Crippen LogP contribution >= 0.6 is 0 Å². The molecule has 2 heterocycles. The first kappa shape index (κ1) is 18.9. The van der Waals surface area contributed by atoms with Crippen LogP contribution in [0.15, 0.2) is 60.7 Å². The molecule has 0 aliphatic carbocycles. The Morgan fingerprint density at radius 1 is 1.03 bits per heavy atom. The average Bonchev–Trinajstić information content (AvgIpc) is 3.33. The summed E-state index contributed by atoms with van der Waals surface area (Å²) >= 11 is 0. The third-order valence-corrected chi connectivity index (χ3v) is 5.02. The first-order valence-electron chi connectivity index (χ1n) is 9.83. The van der Waals surface area contributed by atoms with Crippen molar-refractivity contribution in [3.05, 3.63) is 71.9 Å². The zero-order chi connectivity index (χ0) is 20.1. The van der Waals surface area contributed by atoms with Crippen LogP contribution in [0.2, 0.25) is 0 Å². The van der Waals surface area contributed by atoms with E-state index in [1.54, 1.807) is 13.2 Å². The summed E-state index contributed by atoms with van der Waals surface area (Å²) in [5.74, 6) is 1.97. The number of nitrogens with zero attached hydrogens (tertiary/aromatic N) is 3. The molecular weight excluding hydrogens is 364 g/mol. The van der Waals surface area contributed by atoms with E-state index in [-0.39, 0.29) is 5.91 Å². The van der Waals surface area contributed by atoms with Crippen molar-refractivity contribution in [1.29, 1.82) is 0 Å². The van der Waals surface area contributed by atoms with Crippen LogP contribution in [-0.2, 0) is 6.54 Å². The fourth-order valence-corrected chi connectivity index (χ4v) is 3.39. The number of nitrogens with one attached hydrogen (secondary N) is 1. The lowest BCUT2D eigenvalue weighted by Gasteiger charge is -2.18. The molecule has 1 saturated heterocycles. The van der Waals surface area contributed by atoms with Crippen molar-refractivity contribution in [3.63, 3.8) is 0 Å². The minimum absolute atomic E-state index is 0.208. The first-order valence-corrected chi connectivity index (χ1v) is 9.83. The van der Waals surface area contributed by atoms with Gasteiger partial charge in [-0.2, -0.15) is 0 Å². The number of carbonyl (C=O) groups is 1.